The van der Waals surface area contributed by atoms with Crippen LogP contribution in [0, 0.1) is 5.41 Å². The van der Waals surface area contributed by atoms with E-state index in [1.54, 1.807) is 0 Å². The second-order valence-electron chi connectivity index (χ2n) is 3.72. The molecule has 0 spiro atoms. The maximum absolute atomic E-state index is 5.46. The summed E-state index contributed by atoms with van der Waals surface area (Å²) in [6.45, 7) is 6.52. The van der Waals surface area contributed by atoms with Gasteiger partial charge in [0, 0.05) is 6.20 Å². The predicted molar refractivity (Wildman–Crippen MR) is 41.5 cm³/mol. The van der Waals surface area contributed by atoms with Crippen LogP contribution in [-0.2, 0) is 0 Å². The van der Waals surface area contributed by atoms with Gasteiger partial charge in [0.25, 0.3) is 0 Å². The van der Waals surface area contributed by atoms with Crippen LogP contribution in [0.5, 0.6) is 0 Å². The van der Waals surface area contributed by atoms with E-state index >= 15 is 0 Å². The highest BCUT2D eigenvalue weighted by Gasteiger charge is 2.25. The van der Waals surface area contributed by atoms with Crippen LogP contribution in [0.15, 0.2) is 12.3 Å². The molecular formula is C7H15N3. The standard InChI is InChI=1S/C7H15N3/c1-7(2,3)6-4-5-10(8)9-6/h4-6,9H,8H2,1-3H3. The van der Waals surface area contributed by atoms with E-state index in [1.165, 1.54) is 5.12 Å². The largest absolute Gasteiger partial charge is 0.251 e. The minimum absolute atomic E-state index is 0.241. The van der Waals surface area contributed by atoms with Crippen molar-refractivity contribution in [2.24, 2.45) is 11.3 Å². The summed E-state index contributed by atoms with van der Waals surface area (Å²) >= 11 is 0. The number of rotatable bonds is 0. The van der Waals surface area contributed by atoms with Crippen molar-refractivity contribution in [2.45, 2.75) is 26.8 Å². The van der Waals surface area contributed by atoms with Crippen LogP contribution in [0.1, 0.15) is 20.8 Å². The van der Waals surface area contributed by atoms with E-state index in [9.17, 15) is 0 Å². The summed E-state index contributed by atoms with van der Waals surface area (Å²) in [5.74, 6) is 5.46. The second kappa shape index (κ2) is 2.25. The zero-order valence-corrected chi connectivity index (χ0v) is 6.76. The van der Waals surface area contributed by atoms with Crippen molar-refractivity contribution >= 4 is 0 Å². The first kappa shape index (κ1) is 7.57. The van der Waals surface area contributed by atoms with Crippen LogP contribution < -0.4 is 11.3 Å². The molecule has 1 unspecified atom stereocenters. The molecule has 0 radical (unpaired) electrons. The maximum atomic E-state index is 5.46. The summed E-state index contributed by atoms with van der Waals surface area (Å²) < 4.78 is 0. The van der Waals surface area contributed by atoms with Gasteiger partial charge < -0.3 is 0 Å². The Morgan fingerprint density at radius 1 is 1.50 bits per heavy atom. The average Bonchev–Trinajstić information content (AvgIpc) is 2.11. The third-order valence-electron chi connectivity index (χ3n) is 1.66. The average molecular weight is 141 g/mol. The van der Waals surface area contributed by atoms with Crippen molar-refractivity contribution in [3.8, 4) is 0 Å². The van der Waals surface area contributed by atoms with Gasteiger partial charge in [0.15, 0.2) is 0 Å². The number of hydrogen-bond acceptors (Lipinski definition) is 3. The summed E-state index contributed by atoms with van der Waals surface area (Å²) in [6, 6.07) is 0.359. The lowest BCUT2D eigenvalue weighted by molar-refractivity contribution is 0.208. The van der Waals surface area contributed by atoms with Crippen LogP contribution in [0.2, 0.25) is 0 Å². The summed E-state index contributed by atoms with van der Waals surface area (Å²) in [4.78, 5) is 0. The van der Waals surface area contributed by atoms with Crippen LogP contribution in [0.3, 0.4) is 0 Å². The lowest BCUT2D eigenvalue weighted by Gasteiger charge is -2.26. The van der Waals surface area contributed by atoms with Gasteiger partial charge in [-0.3, -0.25) is 5.12 Å². The van der Waals surface area contributed by atoms with Crippen LogP contribution in [0.4, 0.5) is 0 Å². The van der Waals surface area contributed by atoms with Crippen LogP contribution in [-0.4, -0.2) is 11.2 Å². The Balaban J connectivity index is 2.55. The molecule has 1 aliphatic heterocycles. The van der Waals surface area contributed by atoms with E-state index in [1.807, 2.05) is 6.20 Å². The zero-order chi connectivity index (χ0) is 7.78. The highest BCUT2D eigenvalue weighted by Crippen LogP contribution is 2.22. The number of hydrazine groups is 2. The number of nitrogens with one attached hydrogen (secondary N) is 1. The molecule has 0 saturated heterocycles. The summed E-state index contributed by atoms with van der Waals surface area (Å²) in [6.07, 6.45) is 3.91. The van der Waals surface area contributed by atoms with Gasteiger partial charge in [-0.2, -0.15) is 0 Å². The highest BCUT2D eigenvalue weighted by atomic mass is 15.7. The molecule has 1 atom stereocenters. The maximum Gasteiger partial charge on any atom is 0.0523 e. The predicted octanol–water partition coefficient (Wildman–Crippen LogP) is 0.609. The van der Waals surface area contributed by atoms with Gasteiger partial charge in [-0.15, -0.1) is 0 Å². The summed E-state index contributed by atoms with van der Waals surface area (Å²) in [5.41, 5.74) is 3.33. The fourth-order valence-corrected chi connectivity index (χ4v) is 0.908. The molecule has 58 valence electrons. The fourth-order valence-electron chi connectivity index (χ4n) is 0.908. The Morgan fingerprint density at radius 2 is 2.10 bits per heavy atom. The molecule has 1 rings (SSSR count). The van der Waals surface area contributed by atoms with Gasteiger partial charge in [-0.25, -0.2) is 11.3 Å². The monoisotopic (exact) mass is 141 g/mol. The van der Waals surface area contributed by atoms with Gasteiger partial charge in [0.2, 0.25) is 0 Å². The lowest BCUT2D eigenvalue weighted by atomic mass is 9.88. The highest BCUT2D eigenvalue weighted by molar-refractivity contribution is 5.02. The van der Waals surface area contributed by atoms with Crippen molar-refractivity contribution in [1.82, 2.24) is 10.5 Å². The number of nitrogens with two attached hydrogens (primary N) is 1. The van der Waals surface area contributed by atoms with Gasteiger partial charge in [-0.05, 0) is 11.5 Å². The molecule has 3 heteroatoms. The molecule has 0 aromatic heterocycles. The molecule has 0 bridgehead atoms. The van der Waals surface area contributed by atoms with Gasteiger partial charge >= 0.3 is 0 Å². The molecule has 1 heterocycles. The molecule has 3 N–H and O–H groups in total. The van der Waals surface area contributed by atoms with E-state index in [0.29, 0.717) is 6.04 Å². The minimum atomic E-state index is 0.241. The zero-order valence-electron chi connectivity index (χ0n) is 6.76. The van der Waals surface area contributed by atoms with Crippen molar-refractivity contribution in [3.63, 3.8) is 0 Å². The van der Waals surface area contributed by atoms with Crippen LogP contribution in [0.25, 0.3) is 0 Å². The van der Waals surface area contributed by atoms with E-state index in [2.05, 4.69) is 32.3 Å². The molecule has 3 nitrogen and oxygen atoms in total. The number of hydrogen-bond donors (Lipinski definition) is 2. The smallest absolute Gasteiger partial charge is 0.0523 e. The third-order valence-corrected chi connectivity index (χ3v) is 1.66. The Bertz CT molecular complexity index is 145. The van der Waals surface area contributed by atoms with E-state index in [-0.39, 0.29) is 5.41 Å². The first-order chi connectivity index (χ1) is 4.50. The second-order valence-corrected chi connectivity index (χ2v) is 3.72. The summed E-state index contributed by atoms with van der Waals surface area (Å²) in [5, 5.41) is 1.50. The minimum Gasteiger partial charge on any atom is -0.251 e. The molecule has 0 aliphatic carbocycles. The molecular weight excluding hydrogens is 126 g/mol. The molecule has 10 heavy (non-hydrogen) atoms. The first-order valence-corrected chi connectivity index (χ1v) is 3.48. The topological polar surface area (TPSA) is 41.3 Å². The normalized spacial score (nSPS) is 26.0. The van der Waals surface area contributed by atoms with Gasteiger partial charge in [-0.1, -0.05) is 20.8 Å². The summed E-state index contributed by atoms with van der Waals surface area (Å²) in [7, 11) is 0. The molecule has 1 aliphatic rings. The van der Waals surface area contributed by atoms with Crippen molar-refractivity contribution in [3.05, 3.63) is 12.3 Å². The third kappa shape index (κ3) is 1.49. The first-order valence-electron chi connectivity index (χ1n) is 3.48. The lowest BCUT2D eigenvalue weighted by Crippen LogP contribution is -2.45. The van der Waals surface area contributed by atoms with E-state index in [4.69, 9.17) is 5.84 Å². The fraction of sp³-hybridized carbons (Fsp3) is 0.714. The Labute approximate surface area is 61.8 Å². The molecule has 0 saturated carbocycles. The van der Waals surface area contributed by atoms with E-state index < -0.39 is 0 Å². The quantitative estimate of drug-likeness (QED) is 0.486. The van der Waals surface area contributed by atoms with Gasteiger partial charge in [0.05, 0.1) is 6.04 Å². The molecule has 0 aromatic carbocycles. The van der Waals surface area contributed by atoms with Gasteiger partial charge in [0.1, 0.15) is 0 Å². The Hall–Kier alpha value is -0.540. The molecule has 0 aromatic rings. The van der Waals surface area contributed by atoms with Crippen molar-refractivity contribution in [2.75, 3.05) is 0 Å². The molecule has 0 fully saturated rings. The Morgan fingerprint density at radius 3 is 2.30 bits per heavy atom. The van der Waals surface area contributed by atoms with Crippen molar-refractivity contribution in [1.29, 1.82) is 0 Å². The number of nitrogens with zero attached hydrogens (tertiary/aromatic N) is 1. The molecule has 0 amide bonds. The Kier molecular flexibility index (Phi) is 1.70. The van der Waals surface area contributed by atoms with E-state index in [0.717, 1.165) is 0 Å². The SMILES string of the molecule is CC(C)(C)C1C=CN(N)N1. The van der Waals surface area contributed by atoms with Crippen molar-refractivity contribution < 1.29 is 0 Å². The van der Waals surface area contributed by atoms with Crippen LogP contribution >= 0.6 is 0 Å².